The highest BCUT2D eigenvalue weighted by Crippen LogP contribution is 2.35. The fourth-order valence-corrected chi connectivity index (χ4v) is 2.14. The van der Waals surface area contributed by atoms with Gasteiger partial charge in [-0.25, -0.2) is 0 Å². The number of benzene rings is 2. The second-order valence-corrected chi connectivity index (χ2v) is 4.73. The second kappa shape index (κ2) is 5.09. The first-order valence-corrected chi connectivity index (χ1v) is 5.95. The molecule has 0 spiro atoms. The van der Waals surface area contributed by atoms with Crippen LogP contribution < -0.4 is 0 Å². The monoisotopic (exact) mass is 284 g/mol. The van der Waals surface area contributed by atoms with Gasteiger partial charge < -0.3 is 0 Å². The van der Waals surface area contributed by atoms with E-state index in [1.807, 2.05) is 0 Å². The maximum absolute atomic E-state index is 10.8. The molecule has 17 heavy (non-hydrogen) atoms. The summed E-state index contributed by atoms with van der Waals surface area (Å²) >= 11 is 18.1. The molecule has 0 bridgehead atoms. The molecule has 0 aliphatic rings. The predicted molar refractivity (Wildman–Crippen MR) is 72.3 cm³/mol. The maximum atomic E-state index is 10.8. The third kappa shape index (κ3) is 2.63. The molecule has 1 nitrogen and oxygen atoms in total. The molecule has 0 radical (unpaired) electrons. The average molecular weight is 286 g/mol. The molecule has 0 saturated heterocycles. The van der Waals surface area contributed by atoms with Crippen LogP contribution in [0.25, 0.3) is 11.1 Å². The van der Waals surface area contributed by atoms with Crippen LogP contribution in [0.3, 0.4) is 0 Å². The van der Waals surface area contributed by atoms with Crippen molar-refractivity contribution >= 4 is 41.1 Å². The lowest BCUT2D eigenvalue weighted by molar-refractivity contribution is 0.112. The first kappa shape index (κ1) is 12.4. The SMILES string of the molecule is O=Cc1ccc(Cl)c(-c2cc(Cl)ccc2Cl)c1. The zero-order chi connectivity index (χ0) is 12.4. The molecule has 0 fully saturated rings. The van der Waals surface area contributed by atoms with Crippen molar-refractivity contribution in [3.8, 4) is 11.1 Å². The molecular formula is C13H7Cl3O. The van der Waals surface area contributed by atoms with Crippen LogP contribution in [0.4, 0.5) is 0 Å². The molecule has 0 heterocycles. The summed E-state index contributed by atoms with van der Waals surface area (Å²) in [5, 5.41) is 1.64. The Bertz CT molecular complexity index is 579. The molecule has 2 aromatic carbocycles. The molecular weight excluding hydrogens is 279 g/mol. The van der Waals surface area contributed by atoms with Crippen LogP contribution in [0.5, 0.6) is 0 Å². The fourth-order valence-electron chi connectivity index (χ4n) is 1.53. The minimum atomic E-state index is 0.528. The van der Waals surface area contributed by atoms with Gasteiger partial charge in [0.1, 0.15) is 6.29 Å². The van der Waals surface area contributed by atoms with Crippen molar-refractivity contribution in [2.45, 2.75) is 0 Å². The summed E-state index contributed by atoms with van der Waals surface area (Å²) in [7, 11) is 0. The summed E-state index contributed by atoms with van der Waals surface area (Å²) in [6.07, 6.45) is 0.762. The zero-order valence-electron chi connectivity index (χ0n) is 8.58. The van der Waals surface area contributed by atoms with Gasteiger partial charge in [0.15, 0.2) is 0 Å². The van der Waals surface area contributed by atoms with Crippen molar-refractivity contribution in [2.24, 2.45) is 0 Å². The Hall–Kier alpha value is -1.02. The van der Waals surface area contributed by atoms with Crippen LogP contribution in [0, 0.1) is 0 Å². The molecule has 86 valence electrons. The fraction of sp³-hybridized carbons (Fsp3) is 0. The third-order valence-electron chi connectivity index (χ3n) is 2.35. The van der Waals surface area contributed by atoms with Crippen molar-refractivity contribution in [1.29, 1.82) is 0 Å². The predicted octanol–water partition coefficient (Wildman–Crippen LogP) is 5.13. The van der Waals surface area contributed by atoms with E-state index in [2.05, 4.69) is 0 Å². The highest BCUT2D eigenvalue weighted by molar-refractivity contribution is 6.37. The summed E-state index contributed by atoms with van der Waals surface area (Å²) in [5.74, 6) is 0. The molecule has 0 atom stereocenters. The van der Waals surface area contributed by atoms with Gasteiger partial charge in [0, 0.05) is 31.8 Å². The lowest BCUT2D eigenvalue weighted by atomic mass is 10.0. The molecule has 2 rings (SSSR count). The number of carbonyl (C=O) groups is 1. The van der Waals surface area contributed by atoms with Crippen molar-refractivity contribution in [3.05, 3.63) is 57.0 Å². The van der Waals surface area contributed by atoms with E-state index in [1.165, 1.54) is 0 Å². The topological polar surface area (TPSA) is 17.1 Å². The van der Waals surface area contributed by atoms with Crippen molar-refractivity contribution in [3.63, 3.8) is 0 Å². The molecule has 0 saturated carbocycles. The van der Waals surface area contributed by atoms with Crippen molar-refractivity contribution < 1.29 is 4.79 Å². The van der Waals surface area contributed by atoms with Crippen LogP contribution in [-0.4, -0.2) is 6.29 Å². The number of hydrogen-bond donors (Lipinski definition) is 0. The minimum Gasteiger partial charge on any atom is -0.298 e. The van der Waals surface area contributed by atoms with E-state index in [0.29, 0.717) is 31.8 Å². The van der Waals surface area contributed by atoms with Gasteiger partial charge in [-0.3, -0.25) is 4.79 Å². The van der Waals surface area contributed by atoms with Gasteiger partial charge in [0.2, 0.25) is 0 Å². The summed E-state index contributed by atoms with van der Waals surface area (Å²) in [5.41, 5.74) is 1.96. The zero-order valence-corrected chi connectivity index (χ0v) is 10.9. The Kier molecular flexibility index (Phi) is 3.72. The van der Waals surface area contributed by atoms with Crippen molar-refractivity contribution in [2.75, 3.05) is 0 Å². The number of halogens is 3. The Morgan fingerprint density at radius 1 is 0.824 bits per heavy atom. The van der Waals surface area contributed by atoms with Gasteiger partial charge >= 0.3 is 0 Å². The summed E-state index contributed by atoms with van der Waals surface area (Å²) in [6.45, 7) is 0. The van der Waals surface area contributed by atoms with Crippen LogP contribution in [0.2, 0.25) is 15.1 Å². The number of hydrogen-bond acceptors (Lipinski definition) is 1. The quantitative estimate of drug-likeness (QED) is 0.699. The Morgan fingerprint density at radius 2 is 1.41 bits per heavy atom. The van der Waals surface area contributed by atoms with Crippen LogP contribution in [0.15, 0.2) is 36.4 Å². The molecule has 0 aliphatic heterocycles. The molecule has 0 N–H and O–H groups in total. The number of carbonyl (C=O) groups excluding carboxylic acids is 1. The summed E-state index contributed by atoms with van der Waals surface area (Å²) in [6, 6.07) is 10.1. The molecule has 4 heteroatoms. The second-order valence-electron chi connectivity index (χ2n) is 3.48. The first-order chi connectivity index (χ1) is 8.11. The molecule has 2 aromatic rings. The maximum Gasteiger partial charge on any atom is 0.150 e. The van der Waals surface area contributed by atoms with Gasteiger partial charge in [0.05, 0.1) is 0 Å². The normalized spacial score (nSPS) is 10.3. The van der Waals surface area contributed by atoms with E-state index in [4.69, 9.17) is 34.8 Å². The Balaban J connectivity index is 2.66. The summed E-state index contributed by atoms with van der Waals surface area (Å²) < 4.78 is 0. The van der Waals surface area contributed by atoms with E-state index in [-0.39, 0.29) is 0 Å². The van der Waals surface area contributed by atoms with E-state index in [0.717, 1.165) is 6.29 Å². The lowest BCUT2D eigenvalue weighted by Crippen LogP contribution is -1.86. The first-order valence-electron chi connectivity index (χ1n) is 4.82. The van der Waals surface area contributed by atoms with E-state index >= 15 is 0 Å². The smallest absolute Gasteiger partial charge is 0.150 e. The molecule has 0 unspecified atom stereocenters. The van der Waals surface area contributed by atoms with Gasteiger partial charge in [-0.05, 0) is 30.3 Å². The van der Waals surface area contributed by atoms with E-state index in [1.54, 1.807) is 36.4 Å². The lowest BCUT2D eigenvalue weighted by Gasteiger charge is -2.08. The van der Waals surface area contributed by atoms with Crippen LogP contribution >= 0.6 is 34.8 Å². The van der Waals surface area contributed by atoms with Gasteiger partial charge in [-0.2, -0.15) is 0 Å². The largest absolute Gasteiger partial charge is 0.298 e. The van der Waals surface area contributed by atoms with Crippen LogP contribution in [-0.2, 0) is 0 Å². The summed E-state index contributed by atoms with van der Waals surface area (Å²) in [4.78, 5) is 10.8. The highest BCUT2D eigenvalue weighted by atomic mass is 35.5. The Labute approximate surface area is 114 Å². The standard InChI is InChI=1S/C13H7Cl3O/c14-9-2-4-13(16)11(6-9)10-5-8(7-17)1-3-12(10)15/h1-7H. The van der Waals surface area contributed by atoms with Crippen molar-refractivity contribution in [1.82, 2.24) is 0 Å². The third-order valence-corrected chi connectivity index (χ3v) is 3.24. The average Bonchev–Trinajstić information content (AvgIpc) is 2.33. The van der Waals surface area contributed by atoms with E-state index < -0.39 is 0 Å². The number of aldehydes is 1. The minimum absolute atomic E-state index is 0.528. The highest BCUT2D eigenvalue weighted by Gasteiger charge is 2.09. The molecule has 0 amide bonds. The number of rotatable bonds is 2. The molecule has 0 aliphatic carbocycles. The van der Waals surface area contributed by atoms with E-state index in [9.17, 15) is 4.79 Å². The van der Waals surface area contributed by atoms with Gasteiger partial charge in [-0.1, -0.05) is 40.9 Å². The Morgan fingerprint density at radius 3 is 2.06 bits per heavy atom. The van der Waals surface area contributed by atoms with Gasteiger partial charge in [0.25, 0.3) is 0 Å². The molecule has 0 aromatic heterocycles. The van der Waals surface area contributed by atoms with Gasteiger partial charge in [-0.15, -0.1) is 0 Å². The van der Waals surface area contributed by atoms with Crippen LogP contribution in [0.1, 0.15) is 10.4 Å².